The van der Waals surface area contributed by atoms with E-state index in [1.165, 1.54) is 0 Å². The van der Waals surface area contributed by atoms with Gasteiger partial charge in [0.15, 0.2) is 5.78 Å². The van der Waals surface area contributed by atoms with Gasteiger partial charge in [-0.15, -0.1) is 17.0 Å². The first-order chi connectivity index (χ1) is 8.25. The molecule has 0 aliphatic heterocycles. The third kappa shape index (κ3) is 2.06. The van der Waals surface area contributed by atoms with E-state index in [0.29, 0.717) is 5.56 Å². The van der Waals surface area contributed by atoms with Crippen molar-refractivity contribution in [3.05, 3.63) is 48.0 Å². The number of phenolic OH excluding ortho intramolecular Hbond substituents is 1. The van der Waals surface area contributed by atoms with E-state index >= 15 is 0 Å². The molecule has 1 aliphatic carbocycles. The van der Waals surface area contributed by atoms with Crippen LogP contribution in [-0.4, -0.2) is 20.4 Å². The number of imidazole rings is 1. The standard InChI is InChI=1S/C13H12N2O2.BrH/c16-10-2-3-11-9(7-10)1-4-12(13(11)17)15-6-5-14-8-15;/h2-3,5-8,12,16H,1,4H2;1H. The first-order valence-corrected chi connectivity index (χ1v) is 5.59. The van der Waals surface area contributed by atoms with Gasteiger partial charge in [-0.1, -0.05) is 0 Å². The molecule has 1 unspecified atom stereocenters. The summed E-state index contributed by atoms with van der Waals surface area (Å²) in [6, 6.07) is 4.79. The van der Waals surface area contributed by atoms with Crippen molar-refractivity contribution in [2.24, 2.45) is 0 Å². The molecule has 0 saturated carbocycles. The molecule has 0 spiro atoms. The number of carbonyl (C=O) groups is 1. The first kappa shape index (κ1) is 12.8. The third-order valence-corrected chi connectivity index (χ3v) is 3.23. The van der Waals surface area contributed by atoms with Crippen molar-refractivity contribution in [3.8, 4) is 5.75 Å². The maximum Gasteiger partial charge on any atom is 0.185 e. The molecule has 1 atom stereocenters. The van der Waals surface area contributed by atoms with Crippen LogP contribution >= 0.6 is 17.0 Å². The number of fused-ring (bicyclic) bond motifs is 1. The minimum absolute atomic E-state index is 0. The van der Waals surface area contributed by atoms with Gasteiger partial charge in [0, 0.05) is 18.0 Å². The van der Waals surface area contributed by atoms with E-state index < -0.39 is 0 Å². The number of rotatable bonds is 1. The Kier molecular flexibility index (Phi) is 3.52. The number of ketones is 1. The lowest BCUT2D eigenvalue weighted by molar-refractivity contribution is 0.0908. The molecule has 94 valence electrons. The van der Waals surface area contributed by atoms with E-state index in [1.807, 2.05) is 10.8 Å². The van der Waals surface area contributed by atoms with Crippen LogP contribution in [0.15, 0.2) is 36.9 Å². The second-order valence-electron chi connectivity index (χ2n) is 4.27. The van der Waals surface area contributed by atoms with Crippen LogP contribution in [0.25, 0.3) is 0 Å². The zero-order chi connectivity index (χ0) is 11.8. The number of nitrogens with zero attached hydrogens (tertiary/aromatic N) is 2. The minimum atomic E-state index is -0.158. The largest absolute Gasteiger partial charge is 0.508 e. The zero-order valence-electron chi connectivity index (χ0n) is 9.61. The highest BCUT2D eigenvalue weighted by Crippen LogP contribution is 2.30. The predicted octanol–water partition coefficient (Wildman–Crippen LogP) is 2.54. The van der Waals surface area contributed by atoms with Crippen molar-refractivity contribution >= 4 is 22.8 Å². The number of benzene rings is 1. The molecular formula is C13H13BrN2O2. The van der Waals surface area contributed by atoms with Gasteiger partial charge in [-0.25, -0.2) is 4.98 Å². The summed E-state index contributed by atoms with van der Waals surface area (Å²) in [4.78, 5) is 16.3. The normalized spacial score (nSPS) is 18.0. The summed E-state index contributed by atoms with van der Waals surface area (Å²) < 4.78 is 1.85. The Morgan fingerprint density at radius 1 is 1.39 bits per heavy atom. The number of hydrogen-bond donors (Lipinski definition) is 1. The van der Waals surface area contributed by atoms with Gasteiger partial charge in [0.2, 0.25) is 0 Å². The van der Waals surface area contributed by atoms with E-state index in [0.717, 1.165) is 18.4 Å². The van der Waals surface area contributed by atoms with Crippen LogP contribution in [-0.2, 0) is 6.42 Å². The number of phenols is 1. The van der Waals surface area contributed by atoms with Gasteiger partial charge in [-0.2, -0.15) is 0 Å². The molecule has 2 aromatic rings. The molecule has 4 nitrogen and oxygen atoms in total. The Morgan fingerprint density at radius 3 is 2.94 bits per heavy atom. The van der Waals surface area contributed by atoms with Crippen molar-refractivity contribution in [2.45, 2.75) is 18.9 Å². The lowest BCUT2D eigenvalue weighted by atomic mass is 9.87. The fourth-order valence-corrected chi connectivity index (χ4v) is 2.37. The molecule has 0 bridgehead atoms. The van der Waals surface area contributed by atoms with Gasteiger partial charge < -0.3 is 9.67 Å². The summed E-state index contributed by atoms with van der Waals surface area (Å²) in [6.07, 6.45) is 6.73. The fourth-order valence-electron chi connectivity index (χ4n) is 2.37. The lowest BCUT2D eigenvalue weighted by Gasteiger charge is -2.24. The van der Waals surface area contributed by atoms with E-state index in [-0.39, 0.29) is 34.6 Å². The molecule has 18 heavy (non-hydrogen) atoms. The number of aryl methyl sites for hydroxylation is 1. The van der Waals surface area contributed by atoms with Crippen molar-refractivity contribution in [1.82, 2.24) is 9.55 Å². The number of halogens is 1. The van der Waals surface area contributed by atoms with Gasteiger partial charge in [0.05, 0.1) is 12.4 Å². The molecule has 1 aromatic heterocycles. The summed E-state index contributed by atoms with van der Waals surface area (Å²) in [7, 11) is 0. The molecule has 0 fully saturated rings. The van der Waals surface area contributed by atoms with E-state index in [1.54, 1.807) is 30.7 Å². The molecule has 0 amide bonds. The summed E-state index contributed by atoms with van der Waals surface area (Å²) in [6.45, 7) is 0. The highest BCUT2D eigenvalue weighted by Gasteiger charge is 2.28. The number of Topliss-reactive ketones (excluding diaryl/α,β-unsaturated/α-hetero) is 1. The lowest BCUT2D eigenvalue weighted by Crippen LogP contribution is -2.24. The summed E-state index contributed by atoms with van der Waals surface area (Å²) in [5, 5.41) is 9.40. The maximum atomic E-state index is 12.3. The third-order valence-electron chi connectivity index (χ3n) is 3.23. The Labute approximate surface area is 115 Å². The van der Waals surface area contributed by atoms with Gasteiger partial charge >= 0.3 is 0 Å². The summed E-state index contributed by atoms with van der Waals surface area (Å²) in [5.41, 5.74) is 1.65. The van der Waals surface area contributed by atoms with Crippen molar-refractivity contribution in [2.75, 3.05) is 0 Å². The molecule has 1 heterocycles. The molecule has 1 aromatic carbocycles. The van der Waals surface area contributed by atoms with Crippen LogP contribution < -0.4 is 0 Å². The van der Waals surface area contributed by atoms with E-state index in [4.69, 9.17) is 0 Å². The van der Waals surface area contributed by atoms with Crippen molar-refractivity contribution < 1.29 is 9.90 Å². The second-order valence-corrected chi connectivity index (χ2v) is 4.27. The van der Waals surface area contributed by atoms with Crippen LogP contribution in [0.3, 0.4) is 0 Å². The Bertz CT molecular complexity index is 566. The smallest absolute Gasteiger partial charge is 0.185 e. The average molecular weight is 309 g/mol. The first-order valence-electron chi connectivity index (χ1n) is 5.59. The van der Waals surface area contributed by atoms with Crippen LogP contribution in [0.4, 0.5) is 0 Å². The number of aromatic nitrogens is 2. The molecule has 1 aliphatic rings. The summed E-state index contributed by atoms with van der Waals surface area (Å²) in [5.74, 6) is 0.321. The quantitative estimate of drug-likeness (QED) is 0.881. The SMILES string of the molecule is Br.O=C1c2ccc(O)cc2CCC1n1ccnc1. The Morgan fingerprint density at radius 2 is 2.22 bits per heavy atom. The van der Waals surface area contributed by atoms with E-state index in [2.05, 4.69) is 4.98 Å². The Hall–Kier alpha value is -1.62. The van der Waals surface area contributed by atoms with Gasteiger partial charge in [-0.05, 0) is 36.6 Å². The van der Waals surface area contributed by atoms with E-state index in [9.17, 15) is 9.90 Å². The zero-order valence-corrected chi connectivity index (χ0v) is 11.3. The molecular weight excluding hydrogens is 296 g/mol. The molecule has 0 radical (unpaired) electrons. The second kappa shape index (κ2) is 4.94. The monoisotopic (exact) mass is 308 g/mol. The topological polar surface area (TPSA) is 55.1 Å². The Balaban J connectivity index is 0.00000120. The van der Waals surface area contributed by atoms with Crippen molar-refractivity contribution in [1.29, 1.82) is 0 Å². The van der Waals surface area contributed by atoms with Crippen LogP contribution in [0.1, 0.15) is 28.4 Å². The number of hydrogen-bond acceptors (Lipinski definition) is 3. The molecule has 1 N–H and O–H groups in total. The molecule has 5 heteroatoms. The van der Waals surface area contributed by atoms with Crippen molar-refractivity contribution in [3.63, 3.8) is 0 Å². The summed E-state index contributed by atoms with van der Waals surface area (Å²) >= 11 is 0. The van der Waals surface area contributed by atoms with Gasteiger partial charge in [0.25, 0.3) is 0 Å². The van der Waals surface area contributed by atoms with Crippen LogP contribution in [0, 0.1) is 0 Å². The van der Waals surface area contributed by atoms with Crippen LogP contribution in [0.5, 0.6) is 5.75 Å². The fraction of sp³-hybridized carbons (Fsp3) is 0.231. The molecule has 0 saturated heterocycles. The highest BCUT2D eigenvalue weighted by molar-refractivity contribution is 8.93. The predicted molar refractivity (Wildman–Crippen MR) is 72.3 cm³/mol. The van der Waals surface area contributed by atoms with Crippen LogP contribution in [0.2, 0.25) is 0 Å². The highest BCUT2D eigenvalue weighted by atomic mass is 79.9. The molecule has 3 rings (SSSR count). The van der Waals surface area contributed by atoms with Gasteiger partial charge in [-0.3, -0.25) is 4.79 Å². The average Bonchev–Trinajstić information content (AvgIpc) is 2.82. The minimum Gasteiger partial charge on any atom is -0.508 e. The van der Waals surface area contributed by atoms with Gasteiger partial charge in [0.1, 0.15) is 5.75 Å². The maximum absolute atomic E-state index is 12.3. The number of aromatic hydroxyl groups is 1. The number of carbonyl (C=O) groups excluding carboxylic acids is 1.